The molecule has 0 radical (unpaired) electrons. The van der Waals surface area contributed by atoms with Crippen LogP contribution in [-0.4, -0.2) is 40.0 Å². The van der Waals surface area contributed by atoms with E-state index in [9.17, 15) is 9.59 Å². The third-order valence-electron chi connectivity index (χ3n) is 3.64. The van der Waals surface area contributed by atoms with E-state index >= 15 is 0 Å². The van der Waals surface area contributed by atoms with Gasteiger partial charge in [-0.1, -0.05) is 6.92 Å². The molecule has 2 heterocycles. The number of nitrogens with zero attached hydrogens (tertiary/aromatic N) is 3. The average molecular weight is 273 g/mol. The number of aromatic nitrogens is 1. The Balaban J connectivity index is 2.19. The zero-order valence-electron chi connectivity index (χ0n) is 11.3. The van der Waals surface area contributed by atoms with Crippen LogP contribution in [0.5, 0.6) is 0 Å². The van der Waals surface area contributed by atoms with Gasteiger partial charge in [-0.3, -0.25) is 9.59 Å². The first kappa shape index (κ1) is 14.0. The summed E-state index contributed by atoms with van der Waals surface area (Å²) in [5, 5.41) is 17.9. The summed E-state index contributed by atoms with van der Waals surface area (Å²) >= 11 is 0. The molecule has 104 valence electrons. The Hall–Kier alpha value is -2.42. The first-order valence-electron chi connectivity index (χ1n) is 6.34. The van der Waals surface area contributed by atoms with Gasteiger partial charge in [-0.2, -0.15) is 5.26 Å². The normalized spacial score (nSPS) is 21.6. The van der Waals surface area contributed by atoms with Crippen LogP contribution in [0.4, 0.5) is 0 Å². The van der Waals surface area contributed by atoms with Crippen LogP contribution in [0.15, 0.2) is 12.1 Å². The van der Waals surface area contributed by atoms with Crippen LogP contribution >= 0.6 is 0 Å². The number of hydrogen-bond acceptors (Lipinski definition) is 4. The van der Waals surface area contributed by atoms with E-state index in [1.165, 1.54) is 11.0 Å². The minimum atomic E-state index is -0.878. The van der Waals surface area contributed by atoms with Gasteiger partial charge in [0.1, 0.15) is 11.8 Å². The van der Waals surface area contributed by atoms with Crippen molar-refractivity contribution in [3.8, 4) is 6.07 Å². The minimum absolute atomic E-state index is 0.0732. The Labute approximate surface area is 116 Å². The summed E-state index contributed by atoms with van der Waals surface area (Å²) in [4.78, 5) is 29.0. The van der Waals surface area contributed by atoms with Crippen LogP contribution in [-0.2, 0) is 4.79 Å². The molecule has 0 aromatic carbocycles. The highest BCUT2D eigenvalue weighted by molar-refractivity contribution is 5.93. The van der Waals surface area contributed by atoms with Crippen molar-refractivity contribution in [3.05, 3.63) is 29.1 Å². The Morgan fingerprint density at radius 2 is 2.15 bits per heavy atom. The van der Waals surface area contributed by atoms with Crippen molar-refractivity contribution in [2.24, 2.45) is 11.8 Å². The van der Waals surface area contributed by atoms with Gasteiger partial charge >= 0.3 is 5.97 Å². The monoisotopic (exact) mass is 273 g/mol. The van der Waals surface area contributed by atoms with Crippen LogP contribution in [0.25, 0.3) is 0 Å². The van der Waals surface area contributed by atoms with Crippen LogP contribution in [0, 0.1) is 30.1 Å². The molecule has 1 amide bonds. The summed E-state index contributed by atoms with van der Waals surface area (Å²) in [6.45, 7) is 4.11. The highest BCUT2D eigenvalue weighted by Crippen LogP contribution is 2.24. The predicted octanol–water partition coefficient (Wildman–Crippen LogP) is 1.05. The molecule has 2 atom stereocenters. The molecule has 1 aliphatic rings. The summed E-state index contributed by atoms with van der Waals surface area (Å²) in [6, 6.07) is 5.06. The van der Waals surface area contributed by atoms with Gasteiger partial charge in [-0.25, -0.2) is 4.98 Å². The van der Waals surface area contributed by atoms with Gasteiger partial charge in [0.25, 0.3) is 5.91 Å². The quantitative estimate of drug-likeness (QED) is 0.869. The van der Waals surface area contributed by atoms with Gasteiger partial charge in [0, 0.05) is 13.1 Å². The number of aliphatic carboxylic acids is 1. The Morgan fingerprint density at radius 1 is 1.45 bits per heavy atom. The lowest BCUT2D eigenvalue weighted by Gasteiger charge is -2.15. The number of carboxylic acid groups (broad SMARTS) is 1. The van der Waals surface area contributed by atoms with Crippen molar-refractivity contribution in [1.82, 2.24) is 9.88 Å². The van der Waals surface area contributed by atoms with Crippen molar-refractivity contribution >= 4 is 11.9 Å². The molecule has 1 fully saturated rings. The highest BCUT2D eigenvalue weighted by Gasteiger charge is 2.37. The van der Waals surface area contributed by atoms with E-state index in [0.29, 0.717) is 17.8 Å². The van der Waals surface area contributed by atoms with Crippen molar-refractivity contribution in [1.29, 1.82) is 5.26 Å². The number of carbonyl (C=O) groups excluding carboxylic acids is 1. The molecule has 0 spiro atoms. The molecule has 6 heteroatoms. The third kappa shape index (κ3) is 2.48. The fraction of sp³-hybridized carbons (Fsp3) is 0.429. The number of likely N-dealkylation sites (tertiary alicyclic amines) is 1. The van der Waals surface area contributed by atoms with Crippen molar-refractivity contribution in [3.63, 3.8) is 0 Å². The molecule has 0 aliphatic carbocycles. The molecular weight excluding hydrogens is 258 g/mol. The lowest BCUT2D eigenvalue weighted by atomic mass is 9.99. The highest BCUT2D eigenvalue weighted by atomic mass is 16.4. The van der Waals surface area contributed by atoms with Crippen LogP contribution in [0.1, 0.15) is 28.7 Å². The SMILES string of the molecule is Cc1nc(C(=O)N2CC(C)C(C(=O)O)C2)ccc1C#N. The standard InChI is InChI=1S/C14H15N3O3/c1-8-6-17(7-11(8)14(19)20)13(18)12-4-3-10(5-15)9(2)16-12/h3-4,8,11H,6-7H2,1-2H3,(H,19,20). The van der Waals surface area contributed by atoms with E-state index in [2.05, 4.69) is 4.98 Å². The fourth-order valence-corrected chi connectivity index (χ4v) is 2.41. The summed E-state index contributed by atoms with van der Waals surface area (Å²) in [7, 11) is 0. The Kier molecular flexibility index (Phi) is 3.70. The lowest BCUT2D eigenvalue weighted by molar-refractivity contribution is -0.142. The van der Waals surface area contributed by atoms with Crippen molar-refractivity contribution in [2.75, 3.05) is 13.1 Å². The number of hydrogen-bond donors (Lipinski definition) is 1. The molecule has 20 heavy (non-hydrogen) atoms. The van der Waals surface area contributed by atoms with Gasteiger partial charge in [0.05, 0.1) is 17.2 Å². The summed E-state index contributed by atoms with van der Waals surface area (Å²) in [6.07, 6.45) is 0. The maximum atomic E-state index is 12.3. The molecule has 1 aromatic heterocycles. The maximum Gasteiger partial charge on any atom is 0.308 e. The third-order valence-corrected chi connectivity index (χ3v) is 3.64. The molecule has 0 bridgehead atoms. The van der Waals surface area contributed by atoms with Crippen molar-refractivity contribution in [2.45, 2.75) is 13.8 Å². The van der Waals surface area contributed by atoms with Gasteiger partial charge in [0.15, 0.2) is 0 Å². The van der Waals surface area contributed by atoms with Gasteiger partial charge in [-0.15, -0.1) is 0 Å². The molecule has 1 saturated heterocycles. The molecular formula is C14H15N3O3. The topological polar surface area (TPSA) is 94.3 Å². The molecule has 6 nitrogen and oxygen atoms in total. The fourth-order valence-electron chi connectivity index (χ4n) is 2.41. The number of carboxylic acids is 1. The number of carbonyl (C=O) groups is 2. The second kappa shape index (κ2) is 5.29. The smallest absolute Gasteiger partial charge is 0.308 e. The summed E-state index contributed by atoms with van der Waals surface area (Å²) in [5.74, 6) is -1.76. The molecule has 2 unspecified atom stereocenters. The van der Waals surface area contributed by atoms with Gasteiger partial charge in [0.2, 0.25) is 0 Å². The second-order valence-corrected chi connectivity index (χ2v) is 5.07. The van der Waals surface area contributed by atoms with Crippen molar-refractivity contribution < 1.29 is 14.7 Å². The molecule has 1 N–H and O–H groups in total. The second-order valence-electron chi connectivity index (χ2n) is 5.07. The van der Waals surface area contributed by atoms with Gasteiger partial charge in [-0.05, 0) is 25.0 Å². The predicted molar refractivity (Wildman–Crippen MR) is 69.9 cm³/mol. The first-order chi connectivity index (χ1) is 9.43. The molecule has 0 saturated carbocycles. The zero-order chi connectivity index (χ0) is 14.9. The van der Waals surface area contributed by atoms with Crippen LogP contribution in [0.2, 0.25) is 0 Å². The number of amides is 1. The van der Waals surface area contributed by atoms with Crippen LogP contribution < -0.4 is 0 Å². The first-order valence-corrected chi connectivity index (χ1v) is 6.34. The molecule has 1 aliphatic heterocycles. The lowest BCUT2D eigenvalue weighted by Crippen LogP contribution is -2.30. The number of aryl methyl sites for hydroxylation is 1. The molecule has 1 aromatic rings. The van der Waals surface area contributed by atoms with E-state index in [1.54, 1.807) is 13.0 Å². The number of pyridine rings is 1. The van der Waals surface area contributed by atoms with E-state index in [-0.39, 0.29) is 24.1 Å². The average Bonchev–Trinajstić information content (AvgIpc) is 2.80. The van der Waals surface area contributed by atoms with Crippen LogP contribution in [0.3, 0.4) is 0 Å². The zero-order valence-corrected chi connectivity index (χ0v) is 11.3. The van der Waals surface area contributed by atoms with E-state index < -0.39 is 11.9 Å². The Bertz CT molecular complexity index is 606. The van der Waals surface area contributed by atoms with E-state index in [0.717, 1.165) is 0 Å². The molecule has 2 rings (SSSR count). The Morgan fingerprint density at radius 3 is 2.65 bits per heavy atom. The van der Waals surface area contributed by atoms with E-state index in [4.69, 9.17) is 10.4 Å². The summed E-state index contributed by atoms with van der Waals surface area (Å²) in [5.41, 5.74) is 1.18. The summed E-state index contributed by atoms with van der Waals surface area (Å²) < 4.78 is 0. The number of rotatable bonds is 2. The minimum Gasteiger partial charge on any atom is -0.481 e. The maximum absolute atomic E-state index is 12.3. The number of nitriles is 1. The van der Waals surface area contributed by atoms with E-state index in [1.807, 2.05) is 13.0 Å². The largest absolute Gasteiger partial charge is 0.481 e. The van der Waals surface area contributed by atoms with Gasteiger partial charge < -0.3 is 10.0 Å².